The lowest BCUT2D eigenvalue weighted by molar-refractivity contribution is -0.165. The standard InChI is InChI=1S/C9H15NO7S/c1-4-15-7(11)9(8(12)16-5-2)6-10(9)17-18(3,13)14/h4-6H2,1-3H3. The van der Waals surface area contributed by atoms with Gasteiger partial charge in [-0.2, -0.15) is 12.7 Å². The third-order valence-electron chi connectivity index (χ3n) is 2.15. The molecule has 0 amide bonds. The van der Waals surface area contributed by atoms with Crippen molar-refractivity contribution >= 4 is 22.1 Å². The highest BCUT2D eigenvalue weighted by atomic mass is 32.2. The van der Waals surface area contributed by atoms with Gasteiger partial charge in [0.2, 0.25) is 0 Å². The number of hydrogen-bond acceptors (Lipinski definition) is 8. The summed E-state index contributed by atoms with van der Waals surface area (Å²) in [4.78, 5) is 23.4. The molecule has 0 aliphatic carbocycles. The first kappa shape index (κ1) is 14.9. The molecule has 1 saturated heterocycles. The molecule has 0 aromatic heterocycles. The van der Waals surface area contributed by atoms with Crippen molar-refractivity contribution < 1.29 is 31.8 Å². The largest absolute Gasteiger partial charge is 0.464 e. The molecule has 0 radical (unpaired) electrons. The van der Waals surface area contributed by atoms with E-state index in [4.69, 9.17) is 9.47 Å². The van der Waals surface area contributed by atoms with Crippen molar-refractivity contribution in [3.05, 3.63) is 0 Å². The molecule has 0 spiro atoms. The summed E-state index contributed by atoms with van der Waals surface area (Å²) in [6, 6.07) is 0. The van der Waals surface area contributed by atoms with Crippen LogP contribution in [-0.4, -0.2) is 57.0 Å². The maximum absolute atomic E-state index is 11.7. The van der Waals surface area contributed by atoms with Crippen LogP contribution in [-0.2, 0) is 33.5 Å². The van der Waals surface area contributed by atoms with Gasteiger partial charge in [-0.25, -0.2) is 9.59 Å². The smallest absolute Gasteiger partial charge is 0.342 e. The van der Waals surface area contributed by atoms with Gasteiger partial charge in [0, 0.05) is 0 Å². The molecule has 0 saturated carbocycles. The minimum absolute atomic E-state index is 0.0622. The van der Waals surface area contributed by atoms with Crippen molar-refractivity contribution in [2.24, 2.45) is 0 Å². The Morgan fingerprint density at radius 3 is 1.94 bits per heavy atom. The predicted molar refractivity (Wildman–Crippen MR) is 58.6 cm³/mol. The van der Waals surface area contributed by atoms with Gasteiger partial charge in [0.05, 0.1) is 26.0 Å². The number of esters is 2. The predicted octanol–water partition coefficient (Wildman–Crippen LogP) is -0.942. The van der Waals surface area contributed by atoms with E-state index in [0.717, 1.165) is 11.3 Å². The molecule has 1 rings (SSSR count). The van der Waals surface area contributed by atoms with Crippen LogP contribution in [0.2, 0.25) is 0 Å². The van der Waals surface area contributed by atoms with E-state index in [1.807, 2.05) is 0 Å². The van der Waals surface area contributed by atoms with Crippen molar-refractivity contribution in [2.45, 2.75) is 19.4 Å². The summed E-state index contributed by atoms with van der Waals surface area (Å²) in [6.07, 6.45) is 0.812. The zero-order valence-electron chi connectivity index (χ0n) is 10.3. The van der Waals surface area contributed by atoms with Gasteiger partial charge >= 0.3 is 11.9 Å². The van der Waals surface area contributed by atoms with Crippen LogP contribution in [0.5, 0.6) is 0 Å². The fraction of sp³-hybridized carbons (Fsp3) is 0.778. The lowest BCUT2D eigenvalue weighted by atomic mass is 10.1. The van der Waals surface area contributed by atoms with Crippen LogP contribution in [0.3, 0.4) is 0 Å². The van der Waals surface area contributed by atoms with Gasteiger partial charge in [-0.3, -0.25) is 0 Å². The van der Waals surface area contributed by atoms with E-state index in [1.165, 1.54) is 0 Å². The molecular formula is C9H15NO7S. The van der Waals surface area contributed by atoms with E-state index in [-0.39, 0.29) is 19.8 Å². The van der Waals surface area contributed by atoms with Gasteiger partial charge in [-0.05, 0) is 13.8 Å². The van der Waals surface area contributed by atoms with E-state index in [9.17, 15) is 18.0 Å². The first-order valence-corrected chi connectivity index (χ1v) is 7.11. The Labute approximate surface area is 105 Å². The zero-order valence-corrected chi connectivity index (χ0v) is 11.2. The number of hydrogen-bond donors (Lipinski definition) is 0. The first-order valence-electron chi connectivity index (χ1n) is 5.29. The molecule has 0 N–H and O–H groups in total. The minimum Gasteiger partial charge on any atom is -0.464 e. The minimum atomic E-state index is -3.82. The Morgan fingerprint density at radius 2 is 1.61 bits per heavy atom. The average Bonchev–Trinajstić information content (AvgIpc) is 2.91. The van der Waals surface area contributed by atoms with Gasteiger partial charge in [-0.15, -0.1) is 5.06 Å². The number of rotatable bonds is 6. The monoisotopic (exact) mass is 281 g/mol. The van der Waals surface area contributed by atoms with E-state index < -0.39 is 27.6 Å². The second-order valence-corrected chi connectivity index (χ2v) is 5.17. The van der Waals surface area contributed by atoms with Crippen LogP contribution in [0.25, 0.3) is 0 Å². The maximum atomic E-state index is 11.7. The fourth-order valence-corrected chi connectivity index (χ4v) is 1.85. The summed E-state index contributed by atoms with van der Waals surface area (Å²) in [5.74, 6) is -1.76. The molecule has 1 heterocycles. The number of hydroxylamine groups is 2. The zero-order chi connectivity index (χ0) is 14.0. The maximum Gasteiger partial charge on any atom is 0.342 e. The summed E-state index contributed by atoms with van der Waals surface area (Å²) in [6.45, 7) is 3.05. The molecule has 1 aliphatic heterocycles. The van der Waals surface area contributed by atoms with Crippen LogP contribution < -0.4 is 0 Å². The Bertz CT molecular complexity index is 426. The highest BCUT2D eigenvalue weighted by Gasteiger charge is 2.70. The SMILES string of the molecule is CCOC(=O)C1(C(=O)OCC)CN1OS(C)(=O)=O. The van der Waals surface area contributed by atoms with E-state index >= 15 is 0 Å². The van der Waals surface area contributed by atoms with Gasteiger partial charge in [0.1, 0.15) is 0 Å². The third kappa shape index (κ3) is 2.98. The second kappa shape index (κ2) is 5.21. The van der Waals surface area contributed by atoms with E-state index in [0.29, 0.717) is 0 Å². The highest BCUT2D eigenvalue weighted by Crippen LogP contribution is 2.36. The molecular weight excluding hydrogens is 266 g/mol. The first-order chi connectivity index (χ1) is 8.28. The number of nitrogens with zero attached hydrogens (tertiary/aromatic N) is 1. The van der Waals surface area contributed by atoms with Crippen molar-refractivity contribution in [3.63, 3.8) is 0 Å². The Kier molecular flexibility index (Phi) is 4.30. The number of carbonyl (C=O) groups is 2. The van der Waals surface area contributed by atoms with Gasteiger partial charge in [0.25, 0.3) is 15.7 Å². The van der Waals surface area contributed by atoms with Crippen LogP contribution in [0.15, 0.2) is 0 Å². The van der Waals surface area contributed by atoms with Crippen LogP contribution >= 0.6 is 0 Å². The quantitative estimate of drug-likeness (QED) is 0.349. The molecule has 1 aliphatic rings. The molecule has 0 aromatic rings. The van der Waals surface area contributed by atoms with Gasteiger partial charge in [-0.1, -0.05) is 0 Å². The summed E-state index contributed by atoms with van der Waals surface area (Å²) in [5.41, 5.74) is -1.80. The van der Waals surface area contributed by atoms with E-state index in [2.05, 4.69) is 4.28 Å². The lowest BCUT2D eigenvalue weighted by Gasteiger charge is -2.13. The summed E-state index contributed by atoms with van der Waals surface area (Å²) in [7, 11) is -3.82. The Morgan fingerprint density at radius 1 is 1.17 bits per heavy atom. The molecule has 9 heteroatoms. The summed E-state index contributed by atoms with van der Waals surface area (Å²) in [5, 5.41) is 0.734. The van der Waals surface area contributed by atoms with E-state index in [1.54, 1.807) is 13.8 Å². The van der Waals surface area contributed by atoms with Gasteiger partial charge in [0.15, 0.2) is 0 Å². The van der Waals surface area contributed by atoms with Crippen LogP contribution in [0, 0.1) is 0 Å². The highest BCUT2D eigenvalue weighted by molar-refractivity contribution is 7.85. The lowest BCUT2D eigenvalue weighted by Crippen LogP contribution is -2.41. The third-order valence-corrected chi connectivity index (χ3v) is 2.60. The average molecular weight is 281 g/mol. The van der Waals surface area contributed by atoms with Crippen molar-refractivity contribution in [1.29, 1.82) is 0 Å². The van der Waals surface area contributed by atoms with Crippen LogP contribution in [0.4, 0.5) is 0 Å². The van der Waals surface area contributed by atoms with Crippen molar-refractivity contribution in [1.82, 2.24) is 5.06 Å². The van der Waals surface area contributed by atoms with Gasteiger partial charge < -0.3 is 9.47 Å². The normalized spacial score (nSPS) is 21.2. The molecule has 1 atom stereocenters. The Hall–Kier alpha value is -1.19. The topological polar surface area (TPSA) is 99.0 Å². The molecule has 0 bridgehead atoms. The molecule has 18 heavy (non-hydrogen) atoms. The van der Waals surface area contributed by atoms with Crippen LogP contribution in [0.1, 0.15) is 13.8 Å². The second-order valence-electron chi connectivity index (χ2n) is 3.62. The van der Waals surface area contributed by atoms with Crippen molar-refractivity contribution in [2.75, 3.05) is 26.0 Å². The molecule has 104 valence electrons. The number of ether oxygens (including phenoxy) is 2. The Balaban J connectivity index is 2.87. The fourth-order valence-electron chi connectivity index (χ4n) is 1.34. The molecule has 1 unspecified atom stereocenters. The molecule has 8 nitrogen and oxygen atoms in total. The van der Waals surface area contributed by atoms with Crippen molar-refractivity contribution in [3.8, 4) is 0 Å². The number of carbonyl (C=O) groups excluding carboxylic acids is 2. The summed E-state index contributed by atoms with van der Waals surface area (Å²) < 4.78 is 35.9. The molecule has 0 aromatic carbocycles. The summed E-state index contributed by atoms with van der Waals surface area (Å²) >= 11 is 0. The molecule has 1 fully saturated rings.